The Hall–Kier alpha value is -2.12. The van der Waals surface area contributed by atoms with E-state index in [2.05, 4.69) is 48.7 Å². The van der Waals surface area contributed by atoms with Crippen LogP contribution in [0, 0.1) is 11.8 Å². The molecule has 2 saturated carbocycles. The predicted molar refractivity (Wildman–Crippen MR) is 176 cm³/mol. The zero-order valence-electron chi connectivity index (χ0n) is 26.9. The van der Waals surface area contributed by atoms with Crippen molar-refractivity contribution in [2.45, 2.75) is 109 Å². The quantitative estimate of drug-likeness (QED) is 0.145. The average molecular weight is 595 g/mol. The summed E-state index contributed by atoms with van der Waals surface area (Å²) in [6.45, 7) is 8.06. The molecule has 2 unspecified atom stereocenters. The highest BCUT2D eigenvalue weighted by molar-refractivity contribution is 5.41. The second kappa shape index (κ2) is 18.0. The second-order valence-electron chi connectivity index (χ2n) is 13.6. The molecule has 2 aromatic carbocycles. The van der Waals surface area contributed by atoms with Gasteiger partial charge in [0.1, 0.15) is 36.9 Å². The molecule has 0 aromatic heterocycles. The van der Waals surface area contributed by atoms with Crippen LogP contribution >= 0.6 is 0 Å². The molecular weight excluding hydrogens is 536 g/mol. The van der Waals surface area contributed by atoms with E-state index in [9.17, 15) is 10.2 Å². The van der Waals surface area contributed by atoms with Crippen molar-refractivity contribution in [3.63, 3.8) is 0 Å². The highest BCUT2D eigenvalue weighted by atomic mass is 16.5. The Morgan fingerprint density at radius 1 is 0.628 bits per heavy atom. The van der Waals surface area contributed by atoms with Crippen LogP contribution in [0.3, 0.4) is 0 Å². The Bertz CT molecular complexity index is 932. The molecule has 0 heterocycles. The summed E-state index contributed by atoms with van der Waals surface area (Å²) >= 11 is 0. The molecule has 4 N–H and O–H groups in total. The normalized spacial score (nSPS) is 18.3. The maximum absolute atomic E-state index is 10.3. The molecule has 2 aromatic rings. The molecule has 0 bridgehead atoms. The summed E-state index contributed by atoms with van der Waals surface area (Å²) in [5, 5.41) is 27.5. The Balaban J connectivity index is 1.13. The van der Waals surface area contributed by atoms with Gasteiger partial charge in [-0.05, 0) is 73.2 Å². The minimum absolute atomic E-state index is 0.194. The molecular formula is C37H58N2O4. The van der Waals surface area contributed by atoms with E-state index in [1.54, 1.807) is 0 Å². The van der Waals surface area contributed by atoms with Crippen molar-refractivity contribution in [1.82, 2.24) is 10.6 Å². The minimum atomic E-state index is -0.521. The summed E-state index contributed by atoms with van der Waals surface area (Å²) in [5.41, 5.74) is 2.18. The first-order chi connectivity index (χ1) is 20.9. The van der Waals surface area contributed by atoms with Crippen molar-refractivity contribution in [2.24, 2.45) is 11.8 Å². The fraction of sp³-hybridized carbons (Fsp3) is 0.676. The fourth-order valence-electron chi connectivity index (χ4n) is 6.71. The van der Waals surface area contributed by atoms with Gasteiger partial charge in [0.15, 0.2) is 0 Å². The molecule has 0 saturated heterocycles. The number of ether oxygens (including phenoxy) is 2. The maximum atomic E-state index is 10.3. The third-order valence-corrected chi connectivity index (χ3v) is 9.70. The SMILES string of the molecule is CC(C)(c1ccc(OCC(O)CNCCC2CCCCC2)cc1)c1ccc(OCC(O)CNCCC2CCCCC2)cc1. The first-order valence-electron chi connectivity index (χ1n) is 17.1. The van der Waals surface area contributed by atoms with Gasteiger partial charge in [0, 0.05) is 18.5 Å². The summed E-state index contributed by atoms with van der Waals surface area (Å²) < 4.78 is 11.8. The zero-order chi connectivity index (χ0) is 30.3. The number of aliphatic hydroxyl groups excluding tert-OH is 2. The standard InChI is InChI=1S/C37H58N2O4/c1-37(2,31-13-17-35(18-14-31)42-27-33(40)25-38-23-21-29-9-5-3-6-10-29)32-15-19-36(20-16-32)43-28-34(41)26-39-24-22-30-11-7-4-8-12-30/h13-20,29-30,33-34,38-41H,3-12,21-28H2,1-2H3. The van der Waals surface area contributed by atoms with Crippen LogP contribution in [0.4, 0.5) is 0 Å². The van der Waals surface area contributed by atoms with Crippen LogP contribution < -0.4 is 20.1 Å². The molecule has 0 amide bonds. The maximum Gasteiger partial charge on any atom is 0.119 e. The topological polar surface area (TPSA) is 83.0 Å². The number of rotatable bonds is 18. The van der Waals surface area contributed by atoms with Crippen LogP contribution in [-0.4, -0.2) is 61.8 Å². The first-order valence-corrected chi connectivity index (χ1v) is 17.1. The third-order valence-electron chi connectivity index (χ3n) is 9.70. The fourth-order valence-corrected chi connectivity index (χ4v) is 6.71. The van der Waals surface area contributed by atoms with E-state index in [0.717, 1.165) is 36.4 Å². The molecule has 4 rings (SSSR count). The Morgan fingerprint density at radius 3 is 1.37 bits per heavy atom. The Kier molecular flexibility index (Phi) is 14.1. The molecule has 2 fully saturated rings. The molecule has 43 heavy (non-hydrogen) atoms. The van der Waals surface area contributed by atoms with Gasteiger partial charge in [0.25, 0.3) is 0 Å². The lowest BCUT2D eigenvalue weighted by atomic mass is 9.78. The van der Waals surface area contributed by atoms with Crippen molar-refractivity contribution in [3.05, 3.63) is 59.7 Å². The van der Waals surface area contributed by atoms with Crippen molar-refractivity contribution >= 4 is 0 Å². The molecule has 240 valence electrons. The number of hydrogen-bond donors (Lipinski definition) is 4. The first kappa shape index (κ1) is 33.8. The van der Waals surface area contributed by atoms with Gasteiger partial charge in [0.05, 0.1) is 0 Å². The number of benzene rings is 2. The summed E-state index contributed by atoms with van der Waals surface area (Å²) in [6, 6.07) is 16.4. The van der Waals surface area contributed by atoms with Crippen molar-refractivity contribution in [2.75, 3.05) is 39.4 Å². The van der Waals surface area contributed by atoms with Crippen LogP contribution in [0.15, 0.2) is 48.5 Å². The Morgan fingerprint density at radius 2 is 1.00 bits per heavy atom. The van der Waals surface area contributed by atoms with Gasteiger partial charge in [-0.3, -0.25) is 0 Å². The van der Waals surface area contributed by atoms with Gasteiger partial charge in [-0.2, -0.15) is 0 Å². The number of hydrogen-bond acceptors (Lipinski definition) is 6. The smallest absolute Gasteiger partial charge is 0.119 e. The minimum Gasteiger partial charge on any atom is -0.491 e. The predicted octanol–water partition coefficient (Wildman–Crippen LogP) is 6.61. The van der Waals surface area contributed by atoms with Gasteiger partial charge in [0.2, 0.25) is 0 Å². The van der Waals surface area contributed by atoms with Crippen molar-refractivity contribution < 1.29 is 19.7 Å². The third kappa shape index (κ3) is 11.7. The molecule has 6 heteroatoms. The van der Waals surface area contributed by atoms with Crippen LogP contribution in [0.25, 0.3) is 0 Å². The Labute approximate surface area is 261 Å². The van der Waals surface area contributed by atoms with Gasteiger partial charge < -0.3 is 30.3 Å². The van der Waals surface area contributed by atoms with Gasteiger partial charge in [-0.25, -0.2) is 0 Å². The molecule has 2 atom stereocenters. The van der Waals surface area contributed by atoms with E-state index in [0.29, 0.717) is 13.1 Å². The van der Waals surface area contributed by atoms with Crippen LogP contribution in [0.2, 0.25) is 0 Å². The van der Waals surface area contributed by atoms with Gasteiger partial charge >= 0.3 is 0 Å². The van der Waals surface area contributed by atoms with Gasteiger partial charge in [-0.1, -0.05) is 102 Å². The van der Waals surface area contributed by atoms with Crippen LogP contribution in [-0.2, 0) is 5.41 Å². The molecule has 2 aliphatic rings. The molecule has 6 nitrogen and oxygen atoms in total. The molecule has 2 aliphatic carbocycles. The zero-order valence-corrected chi connectivity index (χ0v) is 26.9. The van der Waals surface area contributed by atoms with Crippen LogP contribution in [0.5, 0.6) is 11.5 Å². The second-order valence-corrected chi connectivity index (χ2v) is 13.6. The molecule has 0 radical (unpaired) electrons. The summed E-state index contributed by atoms with van der Waals surface area (Å²) in [4.78, 5) is 0. The largest absolute Gasteiger partial charge is 0.491 e. The van der Waals surface area contributed by atoms with E-state index in [1.807, 2.05) is 24.3 Å². The summed E-state index contributed by atoms with van der Waals surface area (Å²) in [7, 11) is 0. The lowest BCUT2D eigenvalue weighted by Crippen LogP contribution is -2.32. The van der Waals surface area contributed by atoms with Gasteiger partial charge in [-0.15, -0.1) is 0 Å². The summed E-state index contributed by atoms with van der Waals surface area (Å²) in [5.74, 6) is 3.25. The highest BCUT2D eigenvalue weighted by Crippen LogP contribution is 2.33. The van der Waals surface area contributed by atoms with E-state index in [1.165, 1.54) is 88.2 Å². The van der Waals surface area contributed by atoms with E-state index >= 15 is 0 Å². The van der Waals surface area contributed by atoms with E-state index in [4.69, 9.17) is 9.47 Å². The van der Waals surface area contributed by atoms with Crippen molar-refractivity contribution in [1.29, 1.82) is 0 Å². The van der Waals surface area contributed by atoms with E-state index < -0.39 is 12.2 Å². The number of nitrogens with one attached hydrogen (secondary N) is 2. The molecule has 0 aliphatic heterocycles. The van der Waals surface area contributed by atoms with Crippen LogP contribution in [0.1, 0.15) is 102 Å². The lowest BCUT2D eigenvalue weighted by Gasteiger charge is -2.26. The monoisotopic (exact) mass is 594 g/mol. The van der Waals surface area contributed by atoms with Crippen molar-refractivity contribution in [3.8, 4) is 11.5 Å². The molecule has 0 spiro atoms. The lowest BCUT2D eigenvalue weighted by molar-refractivity contribution is 0.106. The summed E-state index contributed by atoms with van der Waals surface area (Å²) in [6.07, 6.45) is 15.1. The van der Waals surface area contributed by atoms with E-state index in [-0.39, 0.29) is 18.6 Å². The average Bonchev–Trinajstić information content (AvgIpc) is 3.04. The highest BCUT2D eigenvalue weighted by Gasteiger charge is 2.23. The number of aliphatic hydroxyl groups is 2.